The molecule has 2 aromatic heterocycles. The van der Waals surface area contributed by atoms with Crippen LogP contribution in [0.15, 0.2) is 71.8 Å². The molecule has 0 spiro atoms. The maximum Gasteiger partial charge on any atom is 0.255 e. The van der Waals surface area contributed by atoms with E-state index in [1.54, 1.807) is 18.3 Å². The van der Waals surface area contributed by atoms with E-state index >= 15 is 0 Å². The number of aromatic amines is 1. The molecule has 2 fully saturated rings. The number of H-pyrrole nitrogens is 1. The molecule has 12 heteroatoms. The van der Waals surface area contributed by atoms with Gasteiger partial charge in [0, 0.05) is 74.1 Å². The van der Waals surface area contributed by atoms with E-state index in [4.69, 9.17) is 4.98 Å². The highest BCUT2D eigenvalue weighted by Crippen LogP contribution is 2.39. The monoisotopic (exact) mass is 572 g/mol. The molecule has 11 nitrogen and oxygen atoms in total. The van der Waals surface area contributed by atoms with Gasteiger partial charge in [0.05, 0.1) is 4.90 Å². The van der Waals surface area contributed by atoms with Gasteiger partial charge in [-0.1, -0.05) is 18.2 Å². The quantitative estimate of drug-likeness (QED) is 0.274. The lowest BCUT2D eigenvalue weighted by molar-refractivity contribution is 0.102. The molecular formula is C29H32N8O3S. The third-order valence-electron chi connectivity index (χ3n) is 7.31. The molecule has 1 amide bonds. The Morgan fingerprint density at radius 1 is 1.00 bits per heavy atom. The SMILES string of the molecule is CS(=O)(=O)c1cccc(C(=O)Nc2ccc(CN3CCN(c4nccc(Nc5cc(C6CC6)[nH]n5)n4)CC3)cc2)c1. The van der Waals surface area contributed by atoms with Gasteiger partial charge < -0.3 is 15.5 Å². The molecule has 1 aliphatic heterocycles. The van der Waals surface area contributed by atoms with Crippen molar-refractivity contribution in [1.82, 2.24) is 25.1 Å². The molecule has 4 aromatic rings. The molecular weight excluding hydrogens is 540 g/mol. The molecule has 212 valence electrons. The van der Waals surface area contributed by atoms with Crippen molar-refractivity contribution in [2.45, 2.75) is 30.2 Å². The van der Waals surface area contributed by atoms with Crippen molar-refractivity contribution in [3.8, 4) is 0 Å². The number of sulfone groups is 1. The third kappa shape index (κ3) is 6.72. The van der Waals surface area contributed by atoms with E-state index in [-0.39, 0.29) is 10.8 Å². The Hall–Kier alpha value is -4.29. The Morgan fingerprint density at radius 2 is 1.78 bits per heavy atom. The number of hydrogen-bond acceptors (Lipinski definition) is 9. The van der Waals surface area contributed by atoms with Crippen molar-refractivity contribution in [1.29, 1.82) is 0 Å². The van der Waals surface area contributed by atoms with Crippen LogP contribution >= 0.6 is 0 Å². The van der Waals surface area contributed by atoms with Gasteiger partial charge in [-0.05, 0) is 54.8 Å². The predicted octanol–water partition coefficient (Wildman–Crippen LogP) is 3.80. The van der Waals surface area contributed by atoms with Gasteiger partial charge in [-0.2, -0.15) is 10.1 Å². The standard InChI is InChI=1S/C29H32N8O3S/c1-41(39,40)24-4-2-3-22(17-24)28(38)31-23-9-5-20(6-10-23)19-36-13-15-37(16-14-36)29-30-12-11-26(33-29)32-27-18-25(34-35-27)21-7-8-21/h2-6,9-12,17-18,21H,7-8,13-16,19H2,1H3,(H,31,38)(H2,30,32,33,34,35). The van der Waals surface area contributed by atoms with Crippen molar-refractivity contribution in [3.63, 3.8) is 0 Å². The molecule has 2 aliphatic rings. The summed E-state index contributed by atoms with van der Waals surface area (Å²) in [5.74, 6) is 2.46. The Morgan fingerprint density at radius 3 is 2.51 bits per heavy atom. The van der Waals surface area contributed by atoms with E-state index < -0.39 is 9.84 Å². The van der Waals surface area contributed by atoms with Gasteiger partial charge >= 0.3 is 0 Å². The van der Waals surface area contributed by atoms with Gasteiger partial charge in [-0.25, -0.2) is 13.4 Å². The van der Waals surface area contributed by atoms with Crippen LogP contribution in [0.1, 0.15) is 40.4 Å². The first-order valence-electron chi connectivity index (χ1n) is 13.6. The fourth-order valence-electron chi connectivity index (χ4n) is 4.83. The minimum Gasteiger partial charge on any atom is -0.338 e. The lowest BCUT2D eigenvalue weighted by atomic mass is 10.1. The molecule has 2 aromatic carbocycles. The largest absolute Gasteiger partial charge is 0.338 e. The molecule has 0 atom stereocenters. The summed E-state index contributed by atoms with van der Waals surface area (Å²) in [6.45, 7) is 4.18. The number of anilines is 4. The number of benzene rings is 2. The first-order valence-corrected chi connectivity index (χ1v) is 15.5. The van der Waals surface area contributed by atoms with Crippen molar-refractivity contribution in [2.24, 2.45) is 0 Å². The van der Waals surface area contributed by atoms with Crippen LogP contribution in [-0.2, 0) is 16.4 Å². The Balaban J connectivity index is 0.997. The number of piperazine rings is 1. The number of carbonyl (C=O) groups is 1. The van der Waals surface area contributed by atoms with Crippen LogP contribution in [0.2, 0.25) is 0 Å². The van der Waals surface area contributed by atoms with Crippen LogP contribution < -0.4 is 15.5 Å². The fraction of sp³-hybridized carbons (Fsp3) is 0.310. The Kier molecular flexibility index (Phi) is 7.41. The number of hydrogen-bond donors (Lipinski definition) is 3. The fourth-order valence-corrected chi connectivity index (χ4v) is 5.50. The van der Waals surface area contributed by atoms with Crippen molar-refractivity contribution >= 4 is 39.0 Å². The number of carbonyl (C=O) groups excluding carboxylic acids is 1. The summed E-state index contributed by atoms with van der Waals surface area (Å²) in [5.41, 5.74) is 3.26. The second kappa shape index (κ2) is 11.3. The highest BCUT2D eigenvalue weighted by Gasteiger charge is 2.25. The topological polar surface area (TPSA) is 136 Å². The minimum atomic E-state index is -3.39. The van der Waals surface area contributed by atoms with E-state index in [1.807, 2.05) is 30.3 Å². The zero-order chi connectivity index (χ0) is 28.4. The Bertz CT molecular complexity index is 1640. The lowest BCUT2D eigenvalue weighted by Gasteiger charge is -2.34. The normalized spacial score (nSPS) is 16.0. The van der Waals surface area contributed by atoms with Crippen molar-refractivity contribution in [3.05, 3.63) is 83.7 Å². The van der Waals surface area contributed by atoms with E-state index in [0.717, 1.165) is 56.2 Å². The van der Waals surface area contributed by atoms with Gasteiger partial charge in [0.15, 0.2) is 15.7 Å². The first kappa shape index (κ1) is 26.9. The summed E-state index contributed by atoms with van der Waals surface area (Å²) in [5, 5.41) is 13.6. The van der Waals surface area contributed by atoms with Crippen LogP contribution in [0.4, 0.5) is 23.3 Å². The number of nitrogens with one attached hydrogen (secondary N) is 3. The highest BCUT2D eigenvalue weighted by molar-refractivity contribution is 7.90. The van der Waals surface area contributed by atoms with Gasteiger partial charge in [-0.3, -0.25) is 14.8 Å². The smallest absolute Gasteiger partial charge is 0.255 e. The summed E-state index contributed by atoms with van der Waals surface area (Å²) in [6, 6.07) is 17.7. The minimum absolute atomic E-state index is 0.118. The molecule has 41 heavy (non-hydrogen) atoms. The molecule has 3 heterocycles. The number of nitrogens with zero attached hydrogens (tertiary/aromatic N) is 5. The average molecular weight is 573 g/mol. The zero-order valence-electron chi connectivity index (χ0n) is 22.7. The molecule has 0 radical (unpaired) electrons. The molecule has 3 N–H and O–H groups in total. The molecule has 0 unspecified atom stereocenters. The van der Waals surface area contributed by atoms with Crippen molar-refractivity contribution < 1.29 is 13.2 Å². The van der Waals surface area contributed by atoms with Gasteiger partial charge in [0.2, 0.25) is 5.95 Å². The third-order valence-corrected chi connectivity index (χ3v) is 8.42. The maximum atomic E-state index is 12.6. The van der Waals surface area contributed by atoms with Crippen LogP contribution in [0.3, 0.4) is 0 Å². The second-order valence-electron chi connectivity index (χ2n) is 10.6. The van der Waals surface area contributed by atoms with E-state index in [2.05, 4.69) is 41.7 Å². The van der Waals surface area contributed by atoms with Crippen molar-refractivity contribution in [2.75, 3.05) is 48.0 Å². The number of aromatic nitrogens is 4. The average Bonchev–Trinajstić information content (AvgIpc) is 3.73. The summed E-state index contributed by atoms with van der Waals surface area (Å²) in [6.07, 6.45) is 5.34. The maximum absolute atomic E-state index is 12.6. The molecule has 1 aliphatic carbocycles. The zero-order valence-corrected chi connectivity index (χ0v) is 23.6. The predicted molar refractivity (Wildman–Crippen MR) is 157 cm³/mol. The summed E-state index contributed by atoms with van der Waals surface area (Å²) in [4.78, 5) is 26.5. The second-order valence-corrected chi connectivity index (χ2v) is 12.6. The molecule has 6 rings (SSSR count). The molecule has 0 bridgehead atoms. The van der Waals surface area contributed by atoms with Gasteiger partial charge in [0.25, 0.3) is 5.91 Å². The van der Waals surface area contributed by atoms with Crippen LogP contribution in [-0.4, -0.2) is 71.8 Å². The first-order chi connectivity index (χ1) is 19.8. The summed E-state index contributed by atoms with van der Waals surface area (Å²) in [7, 11) is -3.39. The Labute approximate surface area is 238 Å². The number of amides is 1. The van der Waals surface area contributed by atoms with Crippen LogP contribution in [0.5, 0.6) is 0 Å². The summed E-state index contributed by atoms with van der Waals surface area (Å²) < 4.78 is 23.6. The van der Waals surface area contributed by atoms with E-state index in [0.29, 0.717) is 23.1 Å². The van der Waals surface area contributed by atoms with Gasteiger partial charge in [-0.15, -0.1) is 0 Å². The molecule has 1 saturated carbocycles. The van der Waals surface area contributed by atoms with Crippen LogP contribution in [0, 0.1) is 0 Å². The highest BCUT2D eigenvalue weighted by atomic mass is 32.2. The molecule has 1 saturated heterocycles. The number of rotatable bonds is 9. The lowest BCUT2D eigenvalue weighted by Crippen LogP contribution is -2.46. The summed E-state index contributed by atoms with van der Waals surface area (Å²) >= 11 is 0. The van der Waals surface area contributed by atoms with E-state index in [1.165, 1.54) is 30.7 Å². The van der Waals surface area contributed by atoms with Crippen LogP contribution in [0.25, 0.3) is 0 Å². The van der Waals surface area contributed by atoms with Gasteiger partial charge in [0.1, 0.15) is 5.82 Å². The van der Waals surface area contributed by atoms with E-state index in [9.17, 15) is 13.2 Å².